The van der Waals surface area contributed by atoms with E-state index in [4.69, 9.17) is 4.74 Å². The van der Waals surface area contributed by atoms with E-state index < -0.39 is 36.4 Å². The molecular formula is C24H22FNO5S. The van der Waals surface area contributed by atoms with Crippen LogP contribution >= 0.6 is 11.3 Å². The highest BCUT2D eigenvalue weighted by molar-refractivity contribution is 7.21. The number of aliphatic hydroxyl groups excluding tert-OH is 1. The van der Waals surface area contributed by atoms with Gasteiger partial charge in [0.05, 0.1) is 17.4 Å². The maximum atomic E-state index is 13.9. The molecule has 0 spiro atoms. The second-order valence-corrected chi connectivity index (χ2v) is 8.86. The minimum atomic E-state index is -1.01. The quantitative estimate of drug-likeness (QED) is 0.456. The third kappa shape index (κ3) is 4.42. The Morgan fingerprint density at radius 2 is 1.88 bits per heavy atom. The molecule has 1 N–H and O–H groups in total. The Morgan fingerprint density at radius 3 is 2.62 bits per heavy atom. The van der Waals surface area contributed by atoms with Crippen LogP contribution in [0.4, 0.5) is 4.39 Å². The van der Waals surface area contributed by atoms with Gasteiger partial charge in [-0.15, -0.1) is 11.3 Å². The highest BCUT2D eigenvalue weighted by Gasteiger charge is 2.40. The largest absolute Gasteiger partial charge is 0.456 e. The zero-order valence-electron chi connectivity index (χ0n) is 17.4. The Balaban J connectivity index is 1.42. The average Bonchev–Trinajstić information content (AvgIpc) is 3.34. The third-order valence-corrected chi connectivity index (χ3v) is 6.93. The van der Waals surface area contributed by atoms with Crippen molar-refractivity contribution in [2.75, 3.05) is 13.2 Å². The molecule has 2 atom stereocenters. The lowest BCUT2D eigenvalue weighted by molar-refractivity contribution is -0.152. The number of hydrogen-bond acceptors (Lipinski definition) is 6. The van der Waals surface area contributed by atoms with Crippen molar-refractivity contribution >= 4 is 39.1 Å². The number of aryl methyl sites for hydroxylation is 1. The van der Waals surface area contributed by atoms with Crippen LogP contribution in [0.5, 0.6) is 0 Å². The molecule has 2 heterocycles. The molecule has 1 fully saturated rings. The number of amides is 1. The van der Waals surface area contributed by atoms with Gasteiger partial charge in [-0.1, -0.05) is 36.4 Å². The molecule has 0 aliphatic carbocycles. The Kier molecular flexibility index (Phi) is 6.34. The fourth-order valence-corrected chi connectivity index (χ4v) is 5.09. The van der Waals surface area contributed by atoms with Crippen LogP contribution in [0.25, 0.3) is 10.1 Å². The molecule has 8 heteroatoms. The number of Topliss-reactive ketones (excluding diaryl/α,β-unsaturated/α-hetero) is 1. The van der Waals surface area contributed by atoms with Crippen molar-refractivity contribution < 1.29 is 28.6 Å². The van der Waals surface area contributed by atoms with Crippen LogP contribution in [0.1, 0.15) is 27.2 Å². The van der Waals surface area contributed by atoms with Crippen LogP contribution in [-0.4, -0.2) is 53.0 Å². The maximum absolute atomic E-state index is 13.9. The Hall–Kier alpha value is -3.10. The second-order valence-electron chi connectivity index (χ2n) is 7.80. The van der Waals surface area contributed by atoms with Crippen molar-refractivity contribution in [3.8, 4) is 0 Å². The van der Waals surface area contributed by atoms with E-state index in [-0.39, 0.29) is 30.7 Å². The molecule has 2 aromatic carbocycles. The standard InChI is InChI=1S/C24H22FNO5S/c1-14-17-7-3-5-9-21(17)32-23(14)20(28)13-31-24(30)19-11-16(27)12-26(19)22(29)10-15-6-2-4-8-18(15)25/h2-9,16,19,27H,10-13H2,1H3. The van der Waals surface area contributed by atoms with Crippen LogP contribution in [0.2, 0.25) is 0 Å². The molecule has 166 valence electrons. The lowest BCUT2D eigenvalue weighted by Crippen LogP contribution is -2.42. The summed E-state index contributed by atoms with van der Waals surface area (Å²) in [7, 11) is 0. The highest BCUT2D eigenvalue weighted by Crippen LogP contribution is 2.31. The molecule has 2 unspecified atom stereocenters. The van der Waals surface area contributed by atoms with Crippen molar-refractivity contribution in [3.63, 3.8) is 0 Å². The molecular weight excluding hydrogens is 433 g/mol. The number of benzene rings is 2. The number of thiophene rings is 1. The van der Waals surface area contributed by atoms with Crippen molar-refractivity contribution in [3.05, 3.63) is 70.4 Å². The number of ether oxygens (including phenoxy) is 1. The van der Waals surface area contributed by atoms with Gasteiger partial charge in [0.2, 0.25) is 11.7 Å². The smallest absolute Gasteiger partial charge is 0.329 e. The SMILES string of the molecule is Cc1c(C(=O)COC(=O)C2CC(O)CN2C(=O)Cc2ccccc2F)sc2ccccc12. The number of esters is 1. The summed E-state index contributed by atoms with van der Waals surface area (Å²) in [6.45, 7) is 1.36. The summed E-state index contributed by atoms with van der Waals surface area (Å²) in [5, 5.41) is 11.0. The monoisotopic (exact) mass is 455 g/mol. The Morgan fingerprint density at radius 1 is 1.16 bits per heavy atom. The minimum absolute atomic E-state index is 0.0119. The fraction of sp³-hybridized carbons (Fsp3) is 0.292. The third-order valence-electron chi connectivity index (χ3n) is 5.61. The number of rotatable bonds is 6. The van der Waals surface area contributed by atoms with Gasteiger partial charge in [-0.25, -0.2) is 9.18 Å². The number of nitrogens with zero attached hydrogens (tertiary/aromatic N) is 1. The molecule has 3 aromatic rings. The van der Waals surface area contributed by atoms with Crippen molar-refractivity contribution in [2.45, 2.75) is 31.9 Å². The van der Waals surface area contributed by atoms with Gasteiger partial charge in [0.25, 0.3) is 0 Å². The van der Waals surface area contributed by atoms with Crippen molar-refractivity contribution in [2.24, 2.45) is 0 Å². The number of likely N-dealkylation sites (tertiary alicyclic amines) is 1. The Labute approximate surface area is 188 Å². The Bertz CT molecular complexity index is 1190. The summed E-state index contributed by atoms with van der Waals surface area (Å²) < 4.78 is 20.1. The molecule has 0 bridgehead atoms. The molecule has 6 nitrogen and oxygen atoms in total. The zero-order chi connectivity index (χ0) is 22.8. The average molecular weight is 456 g/mol. The summed E-state index contributed by atoms with van der Waals surface area (Å²) in [6.07, 6.45) is -1.11. The van der Waals surface area contributed by atoms with Gasteiger partial charge in [0.15, 0.2) is 6.61 Å². The minimum Gasteiger partial charge on any atom is -0.456 e. The fourth-order valence-electron chi connectivity index (χ4n) is 3.96. The van der Waals surface area contributed by atoms with Gasteiger partial charge in [-0.05, 0) is 35.6 Å². The zero-order valence-corrected chi connectivity index (χ0v) is 18.2. The number of hydrogen-bond donors (Lipinski definition) is 1. The topological polar surface area (TPSA) is 83.9 Å². The molecule has 4 rings (SSSR count). The summed E-state index contributed by atoms with van der Waals surface area (Å²) >= 11 is 1.34. The first kappa shape index (κ1) is 22.1. The van der Waals surface area contributed by atoms with Crippen molar-refractivity contribution in [1.82, 2.24) is 4.90 Å². The number of ketones is 1. The maximum Gasteiger partial charge on any atom is 0.329 e. The first-order valence-corrected chi connectivity index (χ1v) is 11.1. The molecule has 0 saturated carbocycles. The van der Waals surface area contributed by atoms with E-state index in [2.05, 4.69) is 0 Å². The number of aliphatic hydroxyl groups is 1. The van der Waals surface area contributed by atoms with Gasteiger partial charge in [0, 0.05) is 17.7 Å². The molecule has 1 amide bonds. The van der Waals surface area contributed by atoms with Crippen LogP contribution in [-0.2, 0) is 20.7 Å². The van der Waals surface area contributed by atoms with Gasteiger partial charge >= 0.3 is 5.97 Å². The normalized spacial score (nSPS) is 18.2. The molecule has 32 heavy (non-hydrogen) atoms. The predicted octanol–water partition coefficient (Wildman–Crippen LogP) is 3.28. The number of β-amino-alcohol motifs (C(OH)–C–C–N with tert-alkyl or cyclic N) is 1. The van der Waals surface area contributed by atoms with E-state index in [1.165, 1.54) is 34.4 Å². The number of carbonyl (C=O) groups is 3. The molecule has 1 aliphatic heterocycles. The molecule has 1 aliphatic rings. The summed E-state index contributed by atoms with van der Waals surface area (Å²) in [6, 6.07) is 12.5. The van der Waals surface area contributed by atoms with Gasteiger partial charge < -0.3 is 14.7 Å². The number of fused-ring (bicyclic) bond motifs is 1. The van der Waals surface area contributed by atoms with Gasteiger partial charge in [-0.3, -0.25) is 9.59 Å². The van der Waals surface area contributed by atoms with Crippen molar-refractivity contribution in [1.29, 1.82) is 0 Å². The molecule has 1 aromatic heterocycles. The lowest BCUT2D eigenvalue weighted by Gasteiger charge is -2.23. The van der Waals surface area contributed by atoms with E-state index in [9.17, 15) is 23.9 Å². The highest BCUT2D eigenvalue weighted by atomic mass is 32.1. The first-order chi connectivity index (χ1) is 15.3. The van der Waals surface area contributed by atoms with E-state index in [0.717, 1.165) is 15.6 Å². The summed E-state index contributed by atoms with van der Waals surface area (Å²) in [5.74, 6) is -2.07. The van der Waals surface area contributed by atoms with Crippen LogP contribution in [0.3, 0.4) is 0 Å². The second kappa shape index (κ2) is 9.18. The van der Waals surface area contributed by atoms with Crippen LogP contribution < -0.4 is 0 Å². The van der Waals surface area contributed by atoms with Crippen LogP contribution in [0, 0.1) is 12.7 Å². The lowest BCUT2D eigenvalue weighted by atomic mass is 10.1. The van der Waals surface area contributed by atoms with E-state index >= 15 is 0 Å². The molecule has 1 saturated heterocycles. The first-order valence-electron chi connectivity index (χ1n) is 10.2. The molecule has 0 radical (unpaired) electrons. The predicted molar refractivity (Wildman–Crippen MR) is 118 cm³/mol. The summed E-state index contributed by atoms with van der Waals surface area (Å²) in [4.78, 5) is 39.8. The van der Waals surface area contributed by atoms with Gasteiger partial charge in [-0.2, -0.15) is 0 Å². The summed E-state index contributed by atoms with van der Waals surface area (Å²) in [5.41, 5.74) is 1.05. The van der Waals surface area contributed by atoms with E-state index in [0.29, 0.717) is 4.88 Å². The number of carbonyl (C=O) groups excluding carboxylic acids is 3. The van der Waals surface area contributed by atoms with E-state index in [1.807, 2.05) is 31.2 Å². The number of halogens is 1. The van der Waals surface area contributed by atoms with Gasteiger partial charge in [0.1, 0.15) is 11.9 Å². The van der Waals surface area contributed by atoms with Crippen LogP contribution in [0.15, 0.2) is 48.5 Å². The van der Waals surface area contributed by atoms with E-state index in [1.54, 1.807) is 6.07 Å².